The minimum atomic E-state index is -1.08. The molecule has 1 aromatic carbocycles. The molecule has 1 aromatic heterocycles. The summed E-state index contributed by atoms with van der Waals surface area (Å²) in [5, 5.41) is 27.2. The number of benzene rings is 1. The summed E-state index contributed by atoms with van der Waals surface area (Å²) in [6, 6.07) is 7.38. The average molecular weight is 393 g/mol. The van der Waals surface area contributed by atoms with Gasteiger partial charge >= 0.3 is 5.97 Å². The number of anilines is 1. The summed E-state index contributed by atoms with van der Waals surface area (Å²) in [5.74, 6) is -1.36. The van der Waals surface area contributed by atoms with Crippen LogP contribution < -0.4 is 10.6 Å². The Morgan fingerprint density at radius 3 is 2.78 bits per heavy atom. The van der Waals surface area contributed by atoms with Gasteiger partial charge in [-0.2, -0.15) is 0 Å². The van der Waals surface area contributed by atoms with Crippen molar-refractivity contribution < 1.29 is 24.4 Å². The zero-order valence-corrected chi connectivity index (χ0v) is 15.3. The van der Waals surface area contributed by atoms with Crippen molar-refractivity contribution in [3.8, 4) is 0 Å². The number of hydrogen-bond acceptors (Lipinski definition) is 8. The van der Waals surface area contributed by atoms with Crippen molar-refractivity contribution in [3.05, 3.63) is 56.3 Å². The van der Waals surface area contributed by atoms with Crippen LogP contribution >= 0.6 is 11.3 Å². The van der Waals surface area contributed by atoms with Crippen LogP contribution in [0.25, 0.3) is 0 Å². The van der Waals surface area contributed by atoms with E-state index < -0.39 is 22.9 Å². The highest BCUT2D eigenvalue weighted by molar-refractivity contribution is 7.09. The maximum atomic E-state index is 12.4. The third-order valence-electron chi connectivity index (χ3n) is 3.53. The molecule has 144 valence electrons. The lowest BCUT2D eigenvalue weighted by Crippen LogP contribution is -2.35. The fourth-order valence-electron chi connectivity index (χ4n) is 2.17. The van der Waals surface area contributed by atoms with Crippen LogP contribution in [0.5, 0.6) is 0 Å². The van der Waals surface area contributed by atoms with Crippen LogP contribution in [0.15, 0.2) is 35.7 Å². The first kappa shape index (κ1) is 20.3. The second-order valence-electron chi connectivity index (χ2n) is 5.48. The number of amides is 1. The first-order chi connectivity index (χ1) is 12.9. The van der Waals surface area contributed by atoms with Crippen LogP contribution in [0.4, 0.5) is 11.4 Å². The molecule has 10 heteroatoms. The second-order valence-corrected chi connectivity index (χ2v) is 6.51. The predicted octanol–water partition coefficient (Wildman–Crippen LogP) is 1.92. The van der Waals surface area contributed by atoms with Gasteiger partial charge in [-0.25, -0.2) is 4.79 Å². The minimum Gasteiger partial charge on any atom is -0.449 e. The molecule has 0 aliphatic heterocycles. The van der Waals surface area contributed by atoms with E-state index in [0.29, 0.717) is 6.54 Å². The molecule has 0 radical (unpaired) electrons. The van der Waals surface area contributed by atoms with Crippen LogP contribution in [0, 0.1) is 10.1 Å². The van der Waals surface area contributed by atoms with Crippen molar-refractivity contribution >= 4 is 34.6 Å². The Morgan fingerprint density at radius 1 is 1.37 bits per heavy atom. The summed E-state index contributed by atoms with van der Waals surface area (Å²) in [6.07, 6.45) is -1.08. The highest BCUT2D eigenvalue weighted by Crippen LogP contribution is 2.23. The Kier molecular flexibility index (Phi) is 7.26. The van der Waals surface area contributed by atoms with Gasteiger partial charge in [0.05, 0.1) is 23.6 Å². The number of esters is 1. The molecule has 1 unspecified atom stereocenters. The van der Waals surface area contributed by atoms with Crippen LogP contribution in [0.1, 0.15) is 22.2 Å². The lowest BCUT2D eigenvalue weighted by molar-refractivity contribution is -0.384. The van der Waals surface area contributed by atoms with Gasteiger partial charge in [-0.05, 0) is 24.4 Å². The van der Waals surface area contributed by atoms with Gasteiger partial charge in [0, 0.05) is 29.2 Å². The molecule has 0 saturated heterocycles. The second kappa shape index (κ2) is 9.64. The number of nitro groups is 1. The van der Waals surface area contributed by atoms with Crippen molar-refractivity contribution in [1.29, 1.82) is 0 Å². The number of nitrogens with zero attached hydrogens (tertiary/aromatic N) is 1. The molecule has 0 spiro atoms. The molecular weight excluding hydrogens is 374 g/mol. The van der Waals surface area contributed by atoms with Crippen molar-refractivity contribution in [2.75, 3.05) is 18.5 Å². The van der Waals surface area contributed by atoms with Gasteiger partial charge in [-0.3, -0.25) is 14.9 Å². The standard InChI is InChI=1S/C17H19N3O6S/c1-11(16(22)19-10-13-3-2-8-27-13)26-17(23)14-9-12(20(24)25)4-5-15(14)18-6-7-21/h2-5,8-9,11,18,21H,6-7,10H2,1H3,(H,19,22). The third-order valence-corrected chi connectivity index (χ3v) is 4.41. The van der Waals surface area contributed by atoms with Crippen LogP contribution in [-0.2, 0) is 16.1 Å². The molecule has 27 heavy (non-hydrogen) atoms. The SMILES string of the molecule is CC(OC(=O)c1cc([N+](=O)[O-])ccc1NCCO)C(=O)NCc1cccs1. The molecule has 2 rings (SSSR count). The van der Waals surface area contributed by atoms with E-state index in [1.54, 1.807) is 0 Å². The van der Waals surface area contributed by atoms with Crippen molar-refractivity contribution in [2.45, 2.75) is 19.6 Å². The van der Waals surface area contributed by atoms with Gasteiger partial charge in [-0.1, -0.05) is 6.07 Å². The maximum absolute atomic E-state index is 12.4. The van der Waals surface area contributed by atoms with Crippen LogP contribution in [0.2, 0.25) is 0 Å². The number of ether oxygens (including phenoxy) is 1. The first-order valence-electron chi connectivity index (χ1n) is 8.06. The molecule has 0 fully saturated rings. The van der Waals surface area contributed by atoms with E-state index in [-0.39, 0.29) is 30.1 Å². The number of non-ortho nitro benzene ring substituents is 1. The van der Waals surface area contributed by atoms with Gasteiger partial charge in [0.25, 0.3) is 11.6 Å². The van der Waals surface area contributed by atoms with Gasteiger partial charge in [0.1, 0.15) is 0 Å². The highest BCUT2D eigenvalue weighted by Gasteiger charge is 2.23. The normalized spacial score (nSPS) is 11.5. The van der Waals surface area contributed by atoms with E-state index in [1.165, 1.54) is 30.4 Å². The number of nitro benzene ring substituents is 1. The number of thiophene rings is 1. The summed E-state index contributed by atoms with van der Waals surface area (Å²) in [4.78, 5) is 35.8. The molecule has 0 aliphatic carbocycles. The van der Waals surface area contributed by atoms with Crippen molar-refractivity contribution in [1.82, 2.24) is 5.32 Å². The number of aliphatic hydroxyl groups excluding tert-OH is 1. The van der Waals surface area contributed by atoms with E-state index in [1.807, 2.05) is 17.5 Å². The largest absolute Gasteiger partial charge is 0.449 e. The number of hydrogen-bond donors (Lipinski definition) is 3. The summed E-state index contributed by atoms with van der Waals surface area (Å²) in [5.41, 5.74) is -0.104. The minimum absolute atomic E-state index is 0.0874. The Balaban J connectivity index is 2.06. The van der Waals surface area contributed by atoms with Crippen molar-refractivity contribution in [3.63, 3.8) is 0 Å². The quantitative estimate of drug-likeness (QED) is 0.337. The van der Waals surface area contributed by atoms with Gasteiger partial charge < -0.3 is 20.5 Å². The van der Waals surface area contributed by atoms with E-state index in [4.69, 9.17) is 9.84 Å². The number of carbonyl (C=O) groups excluding carboxylic acids is 2. The number of nitrogens with one attached hydrogen (secondary N) is 2. The predicted molar refractivity (Wildman–Crippen MR) is 99.7 cm³/mol. The fourth-order valence-corrected chi connectivity index (χ4v) is 2.81. The lowest BCUT2D eigenvalue weighted by Gasteiger charge is -2.15. The number of carbonyl (C=O) groups is 2. The summed E-state index contributed by atoms with van der Waals surface area (Å²) in [7, 11) is 0. The molecule has 0 saturated carbocycles. The van der Waals surface area contributed by atoms with Gasteiger partial charge in [0.2, 0.25) is 0 Å². The monoisotopic (exact) mass is 393 g/mol. The highest BCUT2D eigenvalue weighted by atomic mass is 32.1. The van der Waals surface area contributed by atoms with Crippen LogP contribution in [-0.4, -0.2) is 41.2 Å². The number of aliphatic hydroxyl groups is 1. The van der Waals surface area contributed by atoms with Gasteiger partial charge in [0.15, 0.2) is 6.10 Å². The number of rotatable bonds is 9. The summed E-state index contributed by atoms with van der Waals surface area (Å²) < 4.78 is 5.15. The van der Waals surface area contributed by atoms with Gasteiger partial charge in [-0.15, -0.1) is 11.3 Å². The Hall–Kier alpha value is -2.98. The summed E-state index contributed by atoms with van der Waals surface area (Å²) >= 11 is 1.49. The zero-order valence-electron chi connectivity index (χ0n) is 14.5. The fraction of sp³-hybridized carbons (Fsp3) is 0.294. The average Bonchev–Trinajstić information content (AvgIpc) is 3.17. The summed E-state index contributed by atoms with van der Waals surface area (Å²) in [6.45, 7) is 1.69. The Morgan fingerprint density at radius 2 is 2.15 bits per heavy atom. The maximum Gasteiger partial charge on any atom is 0.341 e. The van der Waals surface area contributed by atoms with E-state index in [2.05, 4.69) is 10.6 Å². The molecular formula is C17H19N3O6S. The third kappa shape index (κ3) is 5.76. The zero-order chi connectivity index (χ0) is 19.8. The topological polar surface area (TPSA) is 131 Å². The lowest BCUT2D eigenvalue weighted by atomic mass is 10.1. The smallest absolute Gasteiger partial charge is 0.341 e. The molecule has 1 amide bonds. The van der Waals surface area contributed by atoms with E-state index in [0.717, 1.165) is 10.9 Å². The van der Waals surface area contributed by atoms with Crippen LogP contribution in [0.3, 0.4) is 0 Å². The molecule has 1 atom stereocenters. The molecule has 1 heterocycles. The Bertz CT molecular complexity index is 809. The molecule has 0 bridgehead atoms. The molecule has 3 N–H and O–H groups in total. The van der Waals surface area contributed by atoms with E-state index in [9.17, 15) is 19.7 Å². The Labute approximate surface area is 159 Å². The van der Waals surface area contributed by atoms with E-state index >= 15 is 0 Å². The molecule has 9 nitrogen and oxygen atoms in total. The van der Waals surface area contributed by atoms with Crippen molar-refractivity contribution in [2.24, 2.45) is 0 Å². The molecule has 0 aliphatic rings. The molecule has 2 aromatic rings. The first-order valence-corrected chi connectivity index (χ1v) is 8.94.